The van der Waals surface area contributed by atoms with Crippen LogP contribution in [0.1, 0.15) is 23.1 Å². The lowest BCUT2D eigenvalue weighted by atomic mass is 10.1. The molecular weight excluding hydrogens is 412 g/mol. The molecular formula is C8H4BrF5IN. The minimum absolute atomic E-state index is 0.116. The number of alkyl halides is 6. The molecule has 90 valence electrons. The second-order valence-electron chi connectivity index (χ2n) is 2.79. The van der Waals surface area contributed by atoms with Crippen LogP contribution in [-0.2, 0) is 11.5 Å². The first-order valence-corrected chi connectivity index (χ1v) is 6.07. The number of rotatable bonds is 2. The molecule has 0 aliphatic heterocycles. The fourth-order valence-corrected chi connectivity index (χ4v) is 2.45. The lowest BCUT2D eigenvalue weighted by Crippen LogP contribution is -2.13. The molecule has 0 fully saturated rings. The zero-order chi connectivity index (χ0) is 12.5. The number of hydrogen-bond donors (Lipinski definition) is 0. The van der Waals surface area contributed by atoms with Crippen LogP contribution in [0.25, 0.3) is 0 Å². The normalized spacial score (nSPS) is 12.2. The van der Waals surface area contributed by atoms with Crippen molar-refractivity contribution < 1.29 is 22.0 Å². The first-order valence-electron chi connectivity index (χ1n) is 3.87. The Balaban J connectivity index is 3.49. The Labute approximate surface area is 110 Å². The van der Waals surface area contributed by atoms with E-state index in [1.165, 1.54) is 22.6 Å². The molecule has 0 unspecified atom stereocenters. The quantitative estimate of drug-likeness (QED) is 0.299. The third-order valence-electron chi connectivity index (χ3n) is 1.84. The average Bonchev–Trinajstić information content (AvgIpc) is 2.14. The lowest BCUT2D eigenvalue weighted by Gasteiger charge is -2.15. The van der Waals surface area contributed by atoms with Crippen LogP contribution in [0, 0.1) is 3.70 Å². The van der Waals surface area contributed by atoms with Crippen molar-refractivity contribution in [1.82, 2.24) is 4.98 Å². The average molecular weight is 416 g/mol. The summed E-state index contributed by atoms with van der Waals surface area (Å²) in [5, 5.41) is -0.292. The van der Waals surface area contributed by atoms with E-state index < -0.39 is 29.3 Å². The minimum atomic E-state index is -4.68. The molecule has 0 spiro atoms. The molecule has 0 radical (unpaired) electrons. The Kier molecular flexibility index (Phi) is 4.49. The molecule has 0 bridgehead atoms. The summed E-state index contributed by atoms with van der Waals surface area (Å²) < 4.78 is 62.6. The zero-order valence-corrected chi connectivity index (χ0v) is 11.2. The van der Waals surface area contributed by atoms with Gasteiger partial charge in [-0.25, -0.2) is 13.8 Å². The van der Waals surface area contributed by atoms with E-state index >= 15 is 0 Å². The number of halogens is 7. The van der Waals surface area contributed by atoms with E-state index in [1.807, 2.05) is 0 Å². The molecule has 1 rings (SSSR count). The molecule has 0 saturated heterocycles. The topological polar surface area (TPSA) is 12.9 Å². The van der Waals surface area contributed by atoms with Gasteiger partial charge in [-0.2, -0.15) is 13.2 Å². The summed E-state index contributed by atoms with van der Waals surface area (Å²) >= 11 is 4.28. The van der Waals surface area contributed by atoms with Crippen molar-refractivity contribution in [2.75, 3.05) is 0 Å². The van der Waals surface area contributed by atoms with E-state index in [4.69, 9.17) is 0 Å². The van der Waals surface area contributed by atoms with Gasteiger partial charge in [-0.15, -0.1) is 0 Å². The van der Waals surface area contributed by atoms with Crippen LogP contribution < -0.4 is 0 Å². The standard InChI is InChI=1S/C8H4BrF5IN/c9-1-3-4(8(12,13)14)2-16-7(15)5(3)6(10)11/h2,6H,1H2. The van der Waals surface area contributed by atoms with Gasteiger partial charge in [-0.05, 0) is 28.2 Å². The summed E-state index contributed by atoms with van der Waals surface area (Å²) in [5.74, 6) is 0. The first kappa shape index (κ1) is 14.1. The van der Waals surface area contributed by atoms with Crippen molar-refractivity contribution in [1.29, 1.82) is 0 Å². The Morgan fingerprint density at radius 1 is 1.38 bits per heavy atom. The van der Waals surface area contributed by atoms with Gasteiger partial charge < -0.3 is 0 Å². The first-order chi connectivity index (χ1) is 7.29. The largest absolute Gasteiger partial charge is 0.418 e. The Morgan fingerprint density at radius 3 is 2.31 bits per heavy atom. The molecule has 0 atom stereocenters. The summed E-state index contributed by atoms with van der Waals surface area (Å²) in [6, 6.07) is 0. The van der Waals surface area contributed by atoms with Gasteiger partial charge in [0, 0.05) is 11.5 Å². The molecule has 8 heteroatoms. The summed E-state index contributed by atoms with van der Waals surface area (Å²) in [5.41, 5.74) is -2.24. The van der Waals surface area contributed by atoms with Gasteiger partial charge in [0.15, 0.2) is 0 Å². The second kappa shape index (κ2) is 5.11. The third kappa shape index (κ3) is 2.82. The second-order valence-corrected chi connectivity index (χ2v) is 4.37. The molecule has 16 heavy (non-hydrogen) atoms. The highest BCUT2D eigenvalue weighted by molar-refractivity contribution is 14.1. The monoisotopic (exact) mass is 415 g/mol. The summed E-state index contributed by atoms with van der Waals surface area (Å²) in [4.78, 5) is 3.34. The molecule has 1 aromatic rings. The molecule has 1 heterocycles. The van der Waals surface area contributed by atoms with Crippen LogP contribution in [0.2, 0.25) is 0 Å². The summed E-state index contributed by atoms with van der Waals surface area (Å²) in [7, 11) is 0. The van der Waals surface area contributed by atoms with E-state index in [1.54, 1.807) is 0 Å². The zero-order valence-electron chi connectivity index (χ0n) is 7.45. The smallest absolute Gasteiger partial charge is 0.249 e. The maximum atomic E-state index is 12.6. The predicted molar refractivity (Wildman–Crippen MR) is 59.5 cm³/mol. The number of pyridine rings is 1. The highest BCUT2D eigenvalue weighted by Gasteiger charge is 2.36. The maximum Gasteiger partial charge on any atom is 0.418 e. The molecule has 1 aromatic heterocycles. The highest BCUT2D eigenvalue weighted by Crippen LogP contribution is 2.38. The van der Waals surface area contributed by atoms with Gasteiger partial charge in [-0.3, -0.25) is 0 Å². The third-order valence-corrected chi connectivity index (χ3v) is 3.26. The Morgan fingerprint density at radius 2 is 1.94 bits per heavy atom. The highest BCUT2D eigenvalue weighted by atomic mass is 127. The van der Waals surface area contributed by atoms with E-state index in [0.717, 1.165) is 0 Å². The number of nitrogens with zero attached hydrogens (tertiary/aromatic N) is 1. The van der Waals surface area contributed by atoms with E-state index in [2.05, 4.69) is 20.9 Å². The molecule has 0 aliphatic rings. The Bertz CT molecular complexity index is 393. The van der Waals surface area contributed by atoms with Gasteiger partial charge in [0.2, 0.25) is 0 Å². The molecule has 0 aliphatic carbocycles. The van der Waals surface area contributed by atoms with E-state index in [-0.39, 0.29) is 9.03 Å². The van der Waals surface area contributed by atoms with Crippen molar-refractivity contribution in [3.05, 3.63) is 26.6 Å². The van der Waals surface area contributed by atoms with Crippen molar-refractivity contribution in [2.45, 2.75) is 17.9 Å². The molecule has 1 nitrogen and oxygen atoms in total. The minimum Gasteiger partial charge on any atom is -0.249 e. The van der Waals surface area contributed by atoms with Crippen molar-refractivity contribution in [2.24, 2.45) is 0 Å². The Hall–Kier alpha value is 0.01000. The van der Waals surface area contributed by atoms with Crippen LogP contribution in [0.15, 0.2) is 6.20 Å². The lowest BCUT2D eigenvalue weighted by molar-refractivity contribution is -0.138. The maximum absolute atomic E-state index is 12.6. The van der Waals surface area contributed by atoms with Crippen molar-refractivity contribution in [3.8, 4) is 0 Å². The summed E-state index contributed by atoms with van der Waals surface area (Å²) in [6.45, 7) is 0. The molecule has 0 saturated carbocycles. The van der Waals surface area contributed by atoms with Gasteiger partial charge in [0.05, 0.1) is 11.1 Å². The van der Waals surface area contributed by atoms with Crippen molar-refractivity contribution in [3.63, 3.8) is 0 Å². The molecule has 0 N–H and O–H groups in total. The summed E-state index contributed by atoms with van der Waals surface area (Å²) in [6.07, 6.45) is -7.08. The van der Waals surface area contributed by atoms with Gasteiger partial charge in [0.1, 0.15) is 3.70 Å². The van der Waals surface area contributed by atoms with Crippen LogP contribution in [0.4, 0.5) is 22.0 Å². The number of aromatic nitrogens is 1. The van der Waals surface area contributed by atoms with Crippen LogP contribution in [0.5, 0.6) is 0 Å². The van der Waals surface area contributed by atoms with Crippen molar-refractivity contribution >= 4 is 38.5 Å². The van der Waals surface area contributed by atoms with Crippen LogP contribution >= 0.6 is 38.5 Å². The van der Waals surface area contributed by atoms with Gasteiger partial charge in [-0.1, -0.05) is 15.9 Å². The van der Waals surface area contributed by atoms with Crippen LogP contribution in [0.3, 0.4) is 0 Å². The van der Waals surface area contributed by atoms with Gasteiger partial charge >= 0.3 is 6.18 Å². The molecule has 0 aromatic carbocycles. The fourth-order valence-electron chi connectivity index (χ4n) is 1.15. The SMILES string of the molecule is FC(F)c1c(I)ncc(C(F)(F)F)c1CBr. The fraction of sp³-hybridized carbons (Fsp3) is 0.375. The van der Waals surface area contributed by atoms with Gasteiger partial charge in [0.25, 0.3) is 6.43 Å². The predicted octanol–water partition coefficient (Wildman–Crippen LogP) is 4.54. The number of hydrogen-bond acceptors (Lipinski definition) is 1. The van der Waals surface area contributed by atoms with E-state index in [9.17, 15) is 22.0 Å². The van der Waals surface area contributed by atoms with E-state index in [0.29, 0.717) is 6.20 Å². The molecule has 0 amide bonds. The van der Waals surface area contributed by atoms with Crippen LogP contribution in [-0.4, -0.2) is 4.98 Å².